The zero-order chi connectivity index (χ0) is 11.5. The molecule has 0 fully saturated rings. The van der Waals surface area contributed by atoms with E-state index in [9.17, 15) is 9.90 Å². The number of hydrogen-bond donors (Lipinski definition) is 2. The van der Waals surface area contributed by atoms with Crippen LogP contribution in [0.3, 0.4) is 0 Å². The average Bonchev–Trinajstić information content (AvgIpc) is 1.77. The molecule has 14 heavy (non-hydrogen) atoms. The molecule has 0 saturated heterocycles. The van der Waals surface area contributed by atoms with Crippen LogP contribution >= 0.6 is 0 Å². The summed E-state index contributed by atoms with van der Waals surface area (Å²) in [6.07, 6.45) is -0.261. The minimum absolute atomic E-state index is 0.115. The van der Waals surface area contributed by atoms with Crippen LogP contribution < -0.4 is 0 Å². The topological polar surface area (TPSA) is 60.8 Å². The maximum Gasteiger partial charge on any atom is 0.307 e. The summed E-state index contributed by atoms with van der Waals surface area (Å²) < 4.78 is 0. The minimum atomic E-state index is -1.28. The predicted molar refractivity (Wildman–Crippen MR) is 55.0 cm³/mol. The lowest BCUT2D eigenvalue weighted by molar-refractivity contribution is -0.161. The van der Waals surface area contributed by atoms with Gasteiger partial charge in [-0.25, -0.2) is 0 Å². The molecule has 84 valence electrons. The second-order valence-electron chi connectivity index (χ2n) is 4.38. The minimum Gasteiger partial charge on any atom is -0.481 e. The van der Waals surface area contributed by atoms with Gasteiger partial charge in [0.2, 0.25) is 0 Å². The number of rotatable bonds is 5. The molecule has 0 spiro atoms. The molecule has 0 aliphatic heterocycles. The number of aliphatic carboxylic acids is 1. The van der Waals surface area contributed by atoms with E-state index in [0.29, 0.717) is 0 Å². The standard InChI is InChI=1S/C10H21NO3/c1-7(2)11(8(3)4)10(5,14)6-9(12)13/h7-8,14H,6H2,1-5H3,(H,12,13). The van der Waals surface area contributed by atoms with Crippen molar-refractivity contribution in [3.05, 3.63) is 0 Å². The lowest BCUT2D eigenvalue weighted by atomic mass is 10.1. The molecule has 0 amide bonds. The SMILES string of the molecule is CC(C)N(C(C)C)C(C)(O)CC(=O)O. The van der Waals surface area contributed by atoms with Gasteiger partial charge in [0, 0.05) is 12.1 Å². The van der Waals surface area contributed by atoms with Gasteiger partial charge in [-0.2, -0.15) is 0 Å². The van der Waals surface area contributed by atoms with Crippen LogP contribution in [0.4, 0.5) is 0 Å². The quantitative estimate of drug-likeness (QED) is 0.661. The number of hydrogen-bond acceptors (Lipinski definition) is 3. The van der Waals surface area contributed by atoms with E-state index in [-0.39, 0.29) is 18.5 Å². The maximum atomic E-state index is 10.6. The molecule has 0 heterocycles. The summed E-state index contributed by atoms with van der Waals surface area (Å²) in [6.45, 7) is 9.31. The lowest BCUT2D eigenvalue weighted by Gasteiger charge is -2.42. The summed E-state index contributed by atoms with van der Waals surface area (Å²) >= 11 is 0. The molecule has 1 unspecified atom stereocenters. The van der Waals surface area contributed by atoms with Gasteiger partial charge in [0.05, 0.1) is 6.42 Å². The molecule has 2 N–H and O–H groups in total. The van der Waals surface area contributed by atoms with Crippen LogP contribution in [0, 0.1) is 0 Å². The highest BCUT2D eigenvalue weighted by molar-refractivity contribution is 5.67. The normalized spacial score (nSPS) is 16.4. The van der Waals surface area contributed by atoms with E-state index in [1.165, 1.54) is 0 Å². The lowest BCUT2D eigenvalue weighted by Crippen LogP contribution is -2.54. The molecule has 4 heteroatoms. The van der Waals surface area contributed by atoms with Crippen LogP contribution in [0.5, 0.6) is 0 Å². The van der Waals surface area contributed by atoms with E-state index in [4.69, 9.17) is 5.11 Å². The average molecular weight is 203 g/mol. The van der Waals surface area contributed by atoms with Gasteiger partial charge in [-0.15, -0.1) is 0 Å². The second-order valence-corrected chi connectivity index (χ2v) is 4.38. The van der Waals surface area contributed by atoms with Crippen LogP contribution in [-0.2, 0) is 4.79 Å². The van der Waals surface area contributed by atoms with Crippen LogP contribution in [0.1, 0.15) is 41.0 Å². The van der Waals surface area contributed by atoms with Crippen molar-refractivity contribution in [3.8, 4) is 0 Å². The molecule has 0 aromatic heterocycles. The van der Waals surface area contributed by atoms with E-state index in [0.717, 1.165) is 0 Å². The van der Waals surface area contributed by atoms with Crippen LogP contribution in [0.2, 0.25) is 0 Å². The van der Waals surface area contributed by atoms with Crippen LogP contribution in [0.25, 0.3) is 0 Å². The monoisotopic (exact) mass is 203 g/mol. The molecule has 0 rings (SSSR count). The van der Waals surface area contributed by atoms with Crippen molar-refractivity contribution in [2.75, 3.05) is 0 Å². The molecular formula is C10H21NO3. The molecule has 1 atom stereocenters. The highest BCUT2D eigenvalue weighted by Gasteiger charge is 2.35. The first-order valence-corrected chi connectivity index (χ1v) is 4.91. The Kier molecular flexibility index (Phi) is 4.55. The van der Waals surface area contributed by atoms with Gasteiger partial charge in [-0.1, -0.05) is 0 Å². The molecular weight excluding hydrogens is 182 g/mol. The third kappa shape index (κ3) is 3.64. The third-order valence-electron chi connectivity index (χ3n) is 2.16. The Bertz CT molecular complexity index is 192. The van der Waals surface area contributed by atoms with Gasteiger partial charge in [0.25, 0.3) is 0 Å². The third-order valence-corrected chi connectivity index (χ3v) is 2.16. The molecule has 0 aliphatic rings. The van der Waals surface area contributed by atoms with E-state index in [1.807, 2.05) is 27.7 Å². The fraction of sp³-hybridized carbons (Fsp3) is 0.900. The van der Waals surface area contributed by atoms with Gasteiger partial charge in [0.1, 0.15) is 5.72 Å². The van der Waals surface area contributed by atoms with Crippen molar-refractivity contribution in [1.82, 2.24) is 4.90 Å². The van der Waals surface area contributed by atoms with E-state index >= 15 is 0 Å². The fourth-order valence-corrected chi connectivity index (χ4v) is 2.09. The molecule has 0 aromatic rings. The van der Waals surface area contributed by atoms with Gasteiger partial charge < -0.3 is 10.2 Å². The molecule has 0 radical (unpaired) electrons. The van der Waals surface area contributed by atoms with E-state index in [2.05, 4.69) is 0 Å². The first-order chi connectivity index (χ1) is 6.18. The summed E-state index contributed by atoms with van der Waals surface area (Å²) in [5.74, 6) is -0.985. The Labute approximate surface area is 85.5 Å². The molecule has 0 aromatic carbocycles. The summed E-state index contributed by atoms with van der Waals surface area (Å²) in [7, 11) is 0. The Balaban J connectivity index is 4.71. The zero-order valence-corrected chi connectivity index (χ0v) is 9.61. The zero-order valence-electron chi connectivity index (χ0n) is 9.61. The van der Waals surface area contributed by atoms with Crippen molar-refractivity contribution in [3.63, 3.8) is 0 Å². The second kappa shape index (κ2) is 4.75. The number of aliphatic hydroxyl groups is 1. The van der Waals surface area contributed by atoms with Crippen molar-refractivity contribution in [2.24, 2.45) is 0 Å². The van der Waals surface area contributed by atoms with Gasteiger partial charge in [0.15, 0.2) is 0 Å². The van der Waals surface area contributed by atoms with Gasteiger partial charge in [-0.05, 0) is 34.6 Å². The van der Waals surface area contributed by atoms with Crippen molar-refractivity contribution in [2.45, 2.75) is 58.8 Å². The number of carboxylic acids is 1. The molecule has 0 saturated carbocycles. The molecule has 4 nitrogen and oxygen atoms in total. The molecule has 0 bridgehead atoms. The fourth-order valence-electron chi connectivity index (χ4n) is 2.09. The van der Waals surface area contributed by atoms with Crippen LogP contribution in [0.15, 0.2) is 0 Å². The van der Waals surface area contributed by atoms with E-state index < -0.39 is 11.7 Å². The summed E-state index contributed by atoms with van der Waals surface area (Å²) in [4.78, 5) is 12.4. The maximum absolute atomic E-state index is 10.6. The first-order valence-electron chi connectivity index (χ1n) is 4.91. The Hall–Kier alpha value is -0.610. The number of carbonyl (C=O) groups is 1. The Morgan fingerprint density at radius 2 is 1.64 bits per heavy atom. The van der Waals surface area contributed by atoms with E-state index in [1.54, 1.807) is 11.8 Å². The summed E-state index contributed by atoms with van der Waals surface area (Å²) in [5.41, 5.74) is -1.28. The highest BCUT2D eigenvalue weighted by Crippen LogP contribution is 2.22. The van der Waals surface area contributed by atoms with Crippen molar-refractivity contribution < 1.29 is 15.0 Å². The van der Waals surface area contributed by atoms with Gasteiger partial charge in [-0.3, -0.25) is 9.69 Å². The van der Waals surface area contributed by atoms with Gasteiger partial charge >= 0.3 is 5.97 Å². The van der Waals surface area contributed by atoms with Crippen LogP contribution in [-0.4, -0.2) is 38.9 Å². The summed E-state index contributed by atoms with van der Waals surface area (Å²) in [5, 5.41) is 18.7. The van der Waals surface area contributed by atoms with Crippen molar-refractivity contribution >= 4 is 5.97 Å². The Morgan fingerprint density at radius 1 is 1.29 bits per heavy atom. The van der Waals surface area contributed by atoms with Crippen molar-refractivity contribution in [1.29, 1.82) is 0 Å². The smallest absolute Gasteiger partial charge is 0.307 e. The number of nitrogens with zero attached hydrogens (tertiary/aromatic N) is 1. The highest BCUT2D eigenvalue weighted by atomic mass is 16.4. The predicted octanol–water partition coefficient (Wildman–Crippen LogP) is 1.29. The number of carboxylic acid groups (broad SMARTS) is 1. The summed E-state index contributed by atoms with van der Waals surface area (Å²) in [6, 6.07) is 0.230. The first kappa shape index (κ1) is 13.4. The largest absolute Gasteiger partial charge is 0.481 e. The Morgan fingerprint density at radius 3 is 1.86 bits per heavy atom. The molecule has 0 aliphatic carbocycles.